The maximum Gasteiger partial charge on any atom is 0.0935 e. The number of hydrogen-bond acceptors (Lipinski definition) is 4. The second-order valence-corrected chi connectivity index (χ2v) is 7.50. The van der Waals surface area contributed by atoms with E-state index in [9.17, 15) is 0 Å². The molecule has 0 aromatic heterocycles. The third-order valence-electron chi connectivity index (χ3n) is 5.55. The number of benzene rings is 4. The zero-order valence-corrected chi connectivity index (χ0v) is 16.7. The van der Waals surface area contributed by atoms with Crippen molar-refractivity contribution in [2.24, 2.45) is 20.5 Å². The van der Waals surface area contributed by atoms with Crippen LogP contribution in [0.5, 0.6) is 0 Å². The van der Waals surface area contributed by atoms with Crippen LogP contribution in [0.4, 0.5) is 22.7 Å². The second kappa shape index (κ2) is 8.37. The number of nitrogens with zero attached hydrogens (tertiary/aromatic N) is 4. The monoisotopic (exact) mass is 390 g/mol. The van der Waals surface area contributed by atoms with Crippen molar-refractivity contribution in [1.82, 2.24) is 0 Å². The molecule has 4 aromatic rings. The fourth-order valence-corrected chi connectivity index (χ4v) is 4.03. The van der Waals surface area contributed by atoms with Gasteiger partial charge in [-0.3, -0.25) is 0 Å². The van der Waals surface area contributed by atoms with Gasteiger partial charge in [0.25, 0.3) is 0 Å². The first kappa shape index (κ1) is 18.4. The number of hydrogen-bond donors (Lipinski definition) is 0. The number of fused-ring (bicyclic) bond motifs is 2. The van der Waals surface area contributed by atoms with Gasteiger partial charge in [0.05, 0.1) is 22.7 Å². The van der Waals surface area contributed by atoms with Crippen molar-refractivity contribution in [3.63, 3.8) is 0 Å². The highest BCUT2D eigenvalue weighted by atomic mass is 15.1. The quantitative estimate of drug-likeness (QED) is 0.313. The molecule has 0 fully saturated rings. The summed E-state index contributed by atoms with van der Waals surface area (Å²) in [6.07, 6.45) is 4.36. The van der Waals surface area contributed by atoms with Gasteiger partial charge < -0.3 is 0 Å². The summed E-state index contributed by atoms with van der Waals surface area (Å²) in [5.74, 6) is 0. The SMILES string of the molecule is c1ccc(N=Nc2ccc(N=Nc3cccc4ccccc34)c3c2CCCC3)cc1. The molecule has 1 aliphatic carbocycles. The Morgan fingerprint density at radius 3 is 1.83 bits per heavy atom. The predicted molar refractivity (Wildman–Crippen MR) is 122 cm³/mol. The first-order valence-electron chi connectivity index (χ1n) is 10.4. The minimum Gasteiger partial charge on any atom is -0.151 e. The summed E-state index contributed by atoms with van der Waals surface area (Å²) in [6, 6.07) is 28.3. The number of rotatable bonds is 4. The topological polar surface area (TPSA) is 49.4 Å². The summed E-state index contributed by atoms with van der Waals surface area (Å²) in [4.78, 5) is 0. The molecule has 4 aromatic carbocycles. The van der Waals surface area contributed by atoms with Crippen molar-refractivity contribution in [2.75, 3.05) is 0 Å². The molecule has 0 atom stereocenters. The lowest BCUT2D eigenvalue weighted by Gasteiger charge is -2.18. The van der Waals surface area contributed by atoms with Gasteiger partial charge in [-0.25, -0.2) is 0 Å². The molecule has 0 aliphatic heterocycles. The van der Waals surface area contributed by atoms with Gasteiger partial charge in [0.1, 0.15) is 0 Å². The third-order valence-corrected chi connectivity index (χ3v) is 5.55. The van der Waals surface area contributed by atoms with Gasteiger partial charge in [-0.1, -0.05) is 54.6 Å². The Morgan fingerprint density at radius 1 is 0.467 bits per heavy atom. The van der Waals surface area contributed by atoms with Crippen LogP contribution in [0.1, 0.15) is 24.0 Å². The van der Waals surface area contributed by atoms with Crippen LogP contribution in [0.25, 0.3) is 10.8 Å². The van der Waals surface area contributed by atoms with Crippen LogP contribution in [0.15, 0.2) is 105 Å². The minimum absolute atomic E-state index is 0.863. The van der Waals surface area contributed by atoms with Crippen LogP contribution in [0.2, 0.25) is 0 Å². The largest absolute Gasteiger partial charge is 0.151 e. The van der Waals surface area contributed by atoms with Crippen LogP contribution in [0.3, 0.4) is 0 Å². The zero-order chi connectivity index (χ0) is 20.2. The van der Waals surface area contributed by atoms with E-state index >= 15 is 0 Å². The molecule has 146 valence electrons. The predicted octanol–water partition coefficient (Wildman–Crippen LogP) is 8.55. The van der Waals surface area contributed by atoms with E-state index in [0.717, 1.165) is 41.0 Å². The molecule has 1 aliphatic rings. The van der Waals surface area contributed by atoms with Gasteiger partial charge in [-0.15, -0.1) is 5.11 Å². The van der Waals surface area contributed by atoms with Crippen LogP contribution in [-0.4, -0.2) is 0 Å². The summed E-state index contributed by atoms with van der Waals surface area (Å²) in [5, 5.41) is 20.5. The standard InChI is InChI=1S/C26H22N4/c1-2-11-20(12-3-1)27-28-25-17-18-26(23-15-7-6-14-22(23)25)30-29-24-16-8-10-19-9-4-5-13-21(19)24/h1-5,8-13,16-18H,6-7,14-15H2. The van der Waals surface area contributed by atoms with Crippen molar-refractivity contribution in [3.8, 4) is 0 Å². The maximum atomic E-state index is 4.65. The van der Waals surface area contributed by atoms with E-state index in [4.69, 9.17) is 0 Å². The lowest BCUT2D eigenvalue weighted by atomic mass is 9.89. The Morgan fingerprint density at radius 2 is 1.07 bits per heavy atom. The highest BCUT2D eigenvalue weighted by Gasteiger charge is 2.17. The highest BCUT2D eigenvalue weighted by molar-refractivity contribution is 5.92. The summed E-state index contributed by atoms with van der Waals surface area (Å²) in [7, 11) is 0. The van der Waals surface area contributed by atoms with E-state index in [2.05, 4.69) is 38.7 Å². The first-order chi connectivity index (χ1) is 14.9. The normalized spacial score (nSPS) is 13.9. The highest BCUT2D eigenvalue weighted by Crippen LogP contribution is 2.38. The van der Waals surface area contributed by atoms with E-state index in [1.54, 1.807) is 0 Å². The fourth-order valence-electron chi connectivity index (χ4n) is 4.03. The van der Waals surface area contributed by atoms with Crippen LogP contribution >= 0.6 is 0 Å². The second-order valence-electron chi connectivity index (χ2n) is 7.50. The molecule has 4 heteroatoms. The molecule has 30 heavy (non-hydrogen) atoms. The summed E-state index contributed by atoms with van der Waals surface area (Å²) in [6.45, 7) is 0. The molecule has 0 spiro atoms. The molecule has 4 nitrogen and oxygen atoms in total. The van der Waals surface area contributed by atoms with E-state index in [1.807, 2.05) is 66.7 Å². The molecule has 0 bridgehead atoms. The molecule has 0 N–H and O–H groups in total. The van der Waals surface area contributed by atoms with Gasteiger partial charge in [-0.05, 0) is 72.5 Å². The summed E-state index contributed by atoms with van der Waals surface area (Å²) < 4.78 is 0. The van der Waals surface area contributed by atoms with E-state index < -0.39 is 0 Å². The molecule has 0 saturated carbocycles. The number of azo groups is 2. The van der Waals surface area contributed by atoms with Crippen molar-refractivity contribution in [2.45, 2.75) is 25.7 Å². The Kier molecular flexibility index (Phi) is 5.13. The van der Waals surface area contributed by atoms with E-state index in [0.29, 0.717) is 0 Å². The lowest BCUT2D eigenvalue weighted by Crippen LogP contribution is -2.02. The molecule has 0 saturated heterocycles. The van der Waals surface area contributed by atoms with Gasteiger partial charge in [0.15, 0.2) is 0 Å². The third kappa shape index (κ3) is 3.77. The molecular weight excluding hydrogens is 368 g/mol. The van der Waals surface area contributed by atoms with Crippen LogP contribution in [-0.2, 0) is 12.8 Å². The van der Waals surface area contributed by atoms with E-state index in [-0.39, 0.29) is 0 Å². The van der Waals surface area contributed by atoms with Gasteiger partial charge in [-0.2, -0.15) is 15.3 Å². The van der Waals surface area contributed by atoms with Crippen molar-refractivity contribution in [3.05, 3.63) is 96.1 Å². The van der Waals surface area contributed by atoms with Crippen LogP contribution < -0.4 is 0 Å². The maximum absolute atomic E-state index is 4.65. The van der Waals surface area contributed by atoms with Crippen molar-refractivity contribution < 1.29 is 0 Å². The van der Waals surface area contributed by atoms with Crippen molar-refractivity contribution >= 4 is 33.5 Å². The van der Waals surface area contributed by atoms with Crippen LogP contribution in [0, 0.1) is 0 Å². The molecule has 0 amide bonds. The van der Waals surface area contributed by atoms with Gasteiger partial charge >= 0.3 is 0 Å². The average molecular weight is 390 g/mol. The van der Waals surface area contributed by atoms with Gasteiger partial charge in [0.2, 0.25) is 0 Å². The summed E-state index contributed by atoms with van der Waals surface area (Å²) in [5.41, 5.74) is 6.16. The fraction of sp³-hybridized carbons (Fsp3) is 0.154. The van der Waals surface area contributed by atoms with Gasteiger partial charge in [0, 0.05) is 5.39 Å². The minimum atomic E-state index is 0.863. The molecular formula is C26H22N4. The Bertz CT molecular complexity index is 1240. The molecule has 0 unspecified atom stereocenters. The Labute approximate surface area is 176 Å². The van der Waals surface area contributed by atoms with E-state index in [1.165, 1.54) is 29.4 Å². The smallest absolute Gasteiger partial charge is 0.0935 e. The molecule has 5 rings (SSSR count). The average Bonchev–Trinajstić information content (AvgIpc) is 2.82. The summed E-state index contributed by atoms with van der Waals surface area (Å²) >= 11 is 0. The van der Waals surface area contributed by atoms with Crippen molar-refractivity contribution in [1.29, 1.82) is 0 Å². The molecule has 0 heterocycles. The lowest BCUT2D eigenvalue weighted by molar-refractivity contribution is 0.685. The zero-order valence-electron chi connectivity index (χ0n) is 16.7. The Hall–Kier alpha value is -3.66. The first-order valence-corrected chi connectivity index (χ1v) is 10.4. The Balaban J connectivity index is 1.50. The molecule has 0 radical (unpaired) electrons.